The summed E-state index contributed by atoms with van der Waals surface area (Å²) < 4.78 is 74.7. The number of alkyl halides is 3. The normalized spacial score (nSPS) is 15.5. The van der Waals surface area contributed by atoms with E-state index in [-0.39, 0.29) is 46.3 Å². The molecular formula is C31H29F3N6O7S. The number of hydrogen-bond acceptors (Lipinski definition) is 9. The molecule has 1 N–H and O–H groups in total. The highest BCUT2D eigenvalue weighted by Crippen LogP contribution is 2.33. The summed E-state index contributed by atoms with van der Waals surface area (Å²) in [5, 5.41) is 20.6. The maximum Gasteiger partial charge on any atom is 0.435 e. The average Bonchev–Trinajstić information content (AvgIpc) is 3.54. The van der Waals surface area contributed by atoms with Crippen molar-refractivity contribution in [2.45, 2.75) is 30.8 Å². The molecule has 4 aromatic rings. The van der Waals surface area contributed by atoms with Gasteiger partial charge in [-0.2, -0.15) is 18.3 Å². The van der Waals surface area contributed by atoms with Gasteiger partial charge in [0.25, 0.3) is 16.8 Å². The summed E-state index contributed by atoms with van der Waals surface area (Å²) in [6.07, 6.45) is -4.07. The van der Waals surface area contributed by atoms with Gasteiger partial charge in [0, 0.05) is 5.56 Å². The van der Waals surface area contributed by atoms with E-state index in [1.165, 1.54) is 24.3 Å². The summed E-state index contributed by atoms with van der Waals surface area (Å²) >= 11 is 0. The Balaban J connectivity index is 1.22. The predicted octanol–water partition coefficient (Wildman–Crippen LogP) is 5.01. The second kappa shape index (κ2) is 14.1. The van der Waals surface area contributed by atoms with Gasteiger partial charge in [0.2, 0.25) is 11.2 Å². The lowest BCUT2D eigenvalue weighted by molar-refractivity contribution is -0.714. The summed E-state index contributed by atoms with van der Waals surface area (Å²) in [6, 6.07) is 20.6. The van der Waals surface area contributed by atoms with E-state index in [2.05, 4.69) is 10.4 Å². The number of hydrazine groups is 1. The number of hydrogen-bond donors (Lipinski definition) is 1. The number of rotatable bonds is 10. The molecule has 0 saturated carbocycles. The molecule has 1 atom stereocenters. The predicted molar refractivity (Wildman–Crippen MR) is 162 cm³/mol. The maximum absolute atomic E-state index is 13.5. The second-order valence-electron chi connectivity index (χ2n) is 10.8. The van der Waals surface area contributed by atoms with Crippen LogP contribution in [-0.2, 0) is 30.6 Å². The molecule has 48 heavy (non-hydrogen) atoms. The van der Waals surface area contributed by atoms with E-state index in [4.69, 9.17) is 9.57 Å². The maximum atomic E-state index is 13.5. The number of aryl methyl sites for hydroxylation is 1. The van der Waals surface area contributed by atoms with Crippen LogP contribution in [0.1, 0.15) is 34.5 Å². The number of esters is 1. The molecule has 5 rings (SSSR count). The molecule has 252 valence electrons. The van der Waals surface area contributed by atoms with Gasteiger partial charge in [0.05, 0.1) is 45.8 Å². The summed E-state index contributed by atoms with van der Waals surface area (Å²) in [5.74, 6) is -2.45. The number of nitrogens with zero attached hydrogens (tertiary/aromatic N) is 5. The first kappa shape index (κ1) is 33.9. The first-order valence-electron chi connectivity index (χ1n) is 14.5. The van der Waals surface area contributed by atoms with Gasteiger partial charge in [-0.15, -0.1) is 5.01 Å². The Morgan fingerprint density at radius 1 is 1.06 bits per heavy atom. The minimum atomic E-state index is -4.71. The number of amides is 1. The molecule has 1 unspecified atom stereocenters. The van der Waals surface area contributed by atoms with E-state index in [0.717, 1.165) is 33.5 Å². The topological polar surface area (TPSA) is 158 Å². The summed E-state index contributed by atoms with van der Waals surface area (Å²) in [6.45, 7) is 1.22. The van der Waals surface area contributed by atoms with E-state index in [0.29, 0.717) is 12.0 Å². The molecule has 0 aliphatic carbocycles. The highest BCUT2D eigenvalue weighted by Gasteiger charge is 2.36. The van der Waals surface area contributed by atoms with Crippen LogP contribution in [0.5, 0.6) is 0 Å². The number of carbonyl (C=O) groups is 2. The number of carbonyl (C=O) groups excluding carboxylic acids is 2. The van der Waals surface area contributed by atoms with Gasteiger partial charge in [-0.3, -0.25) is 4.79 Å². The van der Waals surface area contributed by atoms with Crippen LogP contribution in [0.25, 0.3) is 16.9 Å². The van der Waals surface area contributed by atoms with Gasteiger partial charge in [0.1, 0.15) is 0 Å². The summed E-state index contributed by atoms with van der Waals surface area (Å²) in [7, 11) is -4.40. The highest BCUT2D eigenvalue weighted by molar-refractivity contribution is 7.90. The van der Waals surface area contributed by atoms with E-state index in [1.807, 2.05) is 11.6 Å². The molecule has 1 aliphatic heterocycles. The van der Waals surface area contributed by atoms with Crippen LogP contribution in [0, 0.1) is 18.0 Å². The van der Waals surface area contributed by atoms with Gasteiger partial charge in [0.15, 0.2) is 5.69 Å². The summed E-state index contributed by atoms with van der Waals surface area (Å²) in [4.78, 5) is 29.4. The first-order valence-corrected chi connectivity index (χ1v) is 16.0. The van der Waals surface area contributed by atoms with Crippen LogP contribution in [0.3, 0.4) is 0 Å². The minimum absolute atomic E-state index is 0.0906. The largest absolute Gasteiger partial charge is 0.569 e. The van der Waals surface area contributed by atoms with Gasteiger partial charge >= 0.3 is 12.1 Å². The first-order chi connectivity index (χ1) is 22.8. The van der Waals surface area contributed by atoms with Crippen LogP contribution >= 0.6 is 0 Å². The third kappa shape index (κ3) is 8.09. The molecule has 0 bridgehead atoms. The van der Waals surface area contributed by atoms with Crippen molar-refractivity contribution in [2.24, 2.45) is 11.2 Å². The Morgan fingerprint density at radius 2 is 1.75 bits per heavy atom. The molecule has 13 nitrogen and oxygen atoms in total. The van der Waals surface area contributed by atoms with Crippen molar-refractivity contribution in [1.82, 2.24) is 19.5 Å². The van der Waals surface area contributed by atoms with E-state index < -0.39 is 46.5 Å². The number of halogens is 3. The monoisotopic (exact) mass is 686 g/mol. The molecule has 1 aromatic heterocycles. The third-order valence-electron chi connectivity index (χ3n) is 7.37. The Hall–Kier alpha value is -5.45. The molecule has 1 saturated heterocycles. The van der Waals surface area contributed by atoms with Crippen LogP contribution in [0.4, 0.5) is 13.2 Å². The SMILES string of the molecule is Cc1ccc(-c2cc(C(F)(F)F)nn2-c2ccc(S(=O)(=O)NC(=O)C3CCCN(/[N+]([O-])=N/OCOC(=O)c4ccccc4)C3)cc2)cc1. The molecule has 3 aromatic carbocycles. The van der Waals surface area contributed by atoms with Crippen molar-refractivity contribution in [3.8, 4) is 16.9 Å². The number of aromatic nitrogens is 2. The van der Waals surface area contributed by atoms with Crippen LogP contribution in [-0.4, -0.2) is 59.9 Å². The zero-order chi connectivity index (χ0) is 34.5. The molecule has 0 radical (unpaired) electrons. The van der Waals surface area contributed by atoms with Crippen molar-refractivity contribution < 1.29 is 45.7 Å². The summed E-state index contributed by atoms with van der Waals surface area (Å²) in [5.41, 5.74) is 0.839. The van der Waals surface area contributed by atoms with Crippen LogP contribution in [0.15, 0.2) is 95.1 Å². The fourth-order valence-electron chi connectivity index (χ4n) is 4.88. The lowest BCUT2D eigenvalue weighted by Gasteiger charge is -2.27. The number of nitrogens with one attached hydrogen (secondary N) is 1. The van der Waals surface area contributed by atoms with Gasteiger partial charge < -0.3 is 14.8 Å². The molecular weight excluding hydrogens is 657 g/mol. The van der Waals surface area contributed by atoms with Crippen molar-refractivity contribution in [3.63, 3.8) is 0 Å². The zero-order valence-electron chi connectivity index (χ0n) is 25.3. The van der Waals surface area contributed by atoms with E-state index >= 15 is 0 Å². The zero-order valence-corrected chi connectivity index (χ0v) is 26.1. The standard InChI is InChI=1S/C31H29F3N6O7S/c1-21-9-11-22(12-10-21)27-18-28(31(32,33)34)35-39(27)25-13-15-26(16-14-25)48(44,45)36-29(41)24-8-5-17-38(19-24)40(43)37-47-20-46-30(42)23-6-3-2-4-7-23/h2-4,6-7,9-16,18,24H,5,8,17,19-20H2,1H3,(H,36,41)/b40-37-. The Kier molecular flexibility index (Phi) is 9.98. The molecule has 1 aliphatic rings. The number of sulfonamides is 1. The Labute approximate surface area is 272 Å². The van der Waals surface area contributed by atoms with Crippen molar-refractivity contribution in [1.29, 1.82) is 0 Å². The van der Waals surface area contributed by atoms with Gasteiger partial charge in [-0.25, -0.2) is 22.6 Å². The van der Waals surface area contributed by atoms with E-state index in [9.17, 15) is 36.4 Å². The molecule has 2 heterocycles. The smallest absolute Gasteiger partial charge is 0.435 e. The number of benzene rings is 3. The average molecular weight is 687 g/mol. The lowest BCUT2D eigenvalue weighted by atomic mass is 9.99. The van der Waals surface area contributed by atoms with Gasteiger partial charge in [-0.1, -0.05) is 48.0 Å². The van der Waals surface area contributed by atoms with Gasteiger partial charge in [-0.05, 0) is 62.2 Å². The van der Waals surface area contributed by atoms with Crippen LogP contribution < -0.4 is 4.72 Å². The Bertz CT molecular complexity index is 1900. The quantitative estimate of drug-likeness (QED) is 0.0605. The fourth-order valence-corrected chi connectivity index (χ4v) is 5.92. The molecule has 1 fully saturated rings. The highest BCUT2D eigenvalue weighted by atomic mass is 32.2. The number of ether oxygens (including phenoxy) is 1. The Morgan fingerprint density at radius 3 is 2.42 bits per heavy atom. The number of piperidine rings is 1. The van der Waals surface area contributed by atoms with Crippen molar-refractivity contribution in [2.75, 3.05) is 19.9 Å². The minimum Gasteiger partial charge on any atom is -0.569 e. The van der Waals surface area contributed by atoms with E-state index in [1.54, 1.807) is 42.5 Å². The molecule has 0 spiro atoms. The van der Waals surface area contributed by atoms with Crippen molar-refractivity contribution >= 4 is 21.9 Å². The molecule has 17 heteroatoms. The lowest BCUT2D eigenvalue weighted by Crippen LogP contribution is -2.46. The third-order valence-corrected chi connectivity index (χ3v) is 8.73. The van der Waals surface area contributed by atoms with Crippen LogP contribution in [0.2, 0.25) is 0 Å². The fraction of sp³-hybridized carbons (Fsp3) is 0.258. The van der Waals surface area contributed by atoms with Crippen molar-refractivity contribution in [3.05, 3.63) is 107 Å². The molecule has 1 amide bonds. The second-order valence-corrected chi connectivity index (χ2v) is 12.5.